The van der Waals surface area contributed by atoms with Crippen LogP contribution in [0.15, 0.2) is 34.8 Å². The van der Waals surface area contributed by atoms with Gasteiger partial charge in [0.15, 0.2) is 0 Å². The minimum Gasteiger partial charge on any atom is -0.396 e. The third-order valence-corrected chi connectivity index (χ3v) is 4.61. The zero-order chi connectivity index (χ0) is 12.5. The third-order valence-electron chi connectivity index (χ3n) is 4.12. The third kappa shape index (κ3) is 2.10. The molecule has 1 aromatic carbocycles. The number of nitrogens with one attached hydrogen (secondary N) is 1. The lowest BCUT2D eigenvalue weighted by molar-refractivity contribution is 0.270. The van der Waals surface area contributed by atoms with E-state index in [-0.39, 0.29) is 6.61 Å². The van der Waals surface area contributed by atoms with E-state index in [1.165, 1.54) is 11.3 Å². The van der Waals surface area contributed by atoms with Gasteiger partial charge in [-0.25, -0.2) is 0 Å². The smallest absolute Gasteiger partial charge is 0.0431 e. The molecular formula is C15H18BrNO. The molecule has 0 fully saturated rings. The second kappa shape index (κ2) is 5.06. The molecule has 2 N–H and O–H groups in total. The molecule has 0 amide bonds. The van der Waals surface area contributed by atoms with Crippen LogP contribution in [0.1, 0.15) is 30.7 Å². The van der Waals surface area contributed by atoms with Crippen molar-refractivity contribution in [3.63, 3.8) is 0 Å². The fraction of sp³-hybridized carbons (Fsp3) is 0.467. The van der Waals surface area contributed by atoms with Gasteiger partial charge in [0.05, 0.1) is 0 Å². The summed E-state index contributed by atoms with van der Waals surface area (Å²) in [4.78, 5) is 0. The first-order valence-electron chi connectivity index (χ1n) is 6.63. The monoisotopic (exact) mass is 307 g/mol. The summed E-state index contributed by atoms with van der Waals surface area (Å²) in [6.07, 6.45) is 7.74. The predicted molar refractivity (Wildman–Crippen MR) is 77.9 cm³/mol. The molecule has 1 aliphatic carbocycles. The van der Waals surface area contributed by atoms with Crippen LogP contribution >= 0.6 is 15.9 Å². The summed E-state index contributed by atoms with van der Waals surface area (Å²) in [7, 11) is 0. The van der Waals surface area contributed by atoms with E-state index in [0.717, 1.165) is 23.7 Å². The molecular weight excluding hydrogens is 290 g/mol. The van der Waals surface area contributed by atoms with Crippen molar-refractivity contribution in [1.82, 2.24) is 0 Å². The van der Waals surface area contributed by atoms with Crippen LogP contribution in [-0.2, 0) is 0 Å². The van der Waals surface area contributed by atoms with Gasteiger partial charge in [-0.15, -0.1) is 0 Å². The topological polar surface area (TPSA) is 32.3 Å². The fourth-order valence-electron chi connectivity index (χ4n) is 3.27. The standard InChI is InChI=1S/C15H18BrNO/c16-10-6-7-15-13(9-10)11-3-1-4-12(11)14(17-15)5-2-8-18/h1,3,6-7,9,11-12,14,17-18H,2,4-5,8H2/t11-,12+,14+/m0/s1. The Hall–Kier alpha value is -0.800. The summed E-state index contributed by atoms with van der Waals surface area (Å²) in [5.74, 6) is 1.20. The highest BCUT2D eigenvalue weighted by molar-refractivity contribution is 9.10. The lowest BCUT2D eigenvalue weighted by Gasteiger charge is -2.37. The molecule has 3 rings (SSSR count). The van der Waals surface area contributed by atoms with Gasteiger partial charge in [-0.1, -0.05) is 28.1 Å². The largest absolute Gasteiger partial charge is 0.396 e. The summed E-state index contributed by atoms with van der Waals surface area (Å²) < 4.78 is 1.15. The lowest BCUT2D eigenvalue weighted by atomic mass is 9.78. The van der Waals surface area contributed by atoms with E-state index >= 15 is 0 Å². The molecule has 0 saturated carbocycles. The zero-order valence-electron chi connectivity index (χ0n) is 10.3. The number of hydrogen-bond acceptors (Lipinski definition) is 2. The first-order chi connectivity index (χ1) is 8.79. The van der Waals surface area contributed by atoms with Crippen LogP contribution in [0, 0.1) is 5.92 Å². The van der Waals surface area contributed by atoms with Gasteiger partial charge in [0.1, 0.15) is 0 Å². The summed E-state index contributed by atoms with van der Waals surface area (Å²) in [6, 6.07) is 6.98. The Labute approximate surface area is 116 Å². The Balaban J connectivity index is 1.91. The van der Waals surface area contributed by atoms with Crippen molar-refractivity contribution in [2.75, 3.05) is 11.9 Å². The summed E-state index contributed by atoms with van der Waals surface area (Å²) in [6.45, 7) is 0.288. The van der Waals surface area contributed by atoms with Crippen LogP contribution in [0.25, 0.3) is 0 Å². The summed E-state index contributed by atoms with van der Waals surface area (Å²) in [5, 5.41) is 12.7. The average molecular weight is 308 g/mol. The van der Waals surface area contributed by atoms with E-state index in [4.69, 9.17) is 5.11 Å². The molecule has 0 aromatic heterocycles. The number of anilines is 1. The summed E-state index contributed by atoms with van der Waals surface area (Å²) >= 11 is 3.56. The van der Waals surface area contributed by atoms with E-state index in [9.17, 15) is 0 Å². The lowest BCUT2D eigenvalue weighted by Crippen LogP contribution is -2.35. The van der Waals surface area contributed by atoms with Crippen molar-refractivity contribution in [2.45, 2.75) is 31.2 Å². The molecule has 1 aliphatic heterocycles. The van der Waals surface area contributed by atoms with Crippen molar-refractivity contribution >= 4 is 21.6 Å². The molecule has 0 bridgehead atoms. The number of hydrogen-bond donors (Lipinski definition) is 2. The van der Waals surface area contributed by atoms with Crippen LogP contribution < -0.4 is 5.32 Å². The molecule has 2 nitrogen and oxygen atoms in total. The fourth-order valence-corrected chi connectivity index (χ4v) is 3.64. The van der Waals surface area contributed by atoms with Crippen LogP contribution in [-0.4, -0.2) is 17.8 Å². The number of rotatable bonds is 3. The molecule has 1 heterocycles. The number of benzene rings is 1. The Morgan fingerprint density at radius 2 is 2.28 bits per heavy atom. The number of halogens is 1. The van der Waals surface area contributed by atoms with Gasteiger partial charge < -0.3 is 10.4 Å². The Bertz CT molecular complexity index is 472. The van der Waals surface area contributed by atoms with Gasteiger partial charge in [0.2, 0.25) is 0 Å². The Morgan fingerprint density at radius 3 is 3.11 bits per heavy atom. The highest BCUT2D eigenvalue weighted by Crippen LogP contribution is 2.46. The van der Waals surface area contributed by atoms with Crippen molar-refractivity contribution in [3.05, 3.63) is 40.4 Å². The molecule has 3 atom stereocenters. The maximum Gasteiger partial charge on any atom is 0.0431 e. The molecule has 2 aliphatic rings. The zero-order valence-corrected chi connectivity index (χ0v) is 11.9. The highest BCUT2D eigenvalue weighted by atomic mass is 79.9. The second-order valence-electron chi connectivity index (χ2n) is 5.20. The van der Waals surface area contributed by atoms with Gasteiger partial charge in [-0.2, -0.15) is 0 Å². The molecule has 0 saturated heterocycles. The number of aliphatic hydroxyl groups excluding tert-OH is 1. The first-order valence-corrected chi connectivity index (χ1v) is 7.42. The second-order valence-corrected chi connectivity index (χ2v) is 6.12. The van der Waals surface area contributed by atoms with Gasteiger partial charge in [0.25, 0.3) is 0 Å². The van der Waals surface area contributed by atoms with Crippen LogP contribution in [0.4, 0.5) is 5.69 Å². The van der Waals surface area contributed by atoms with Crippen molar-refractivity contribution in [2.24, 2.45) is 5.92 Å². The minimum atomic E-state index is 0.288. The van der Waals surface area contributed by atoms with E-state index in [2.05, 4.69) is 51.6 Å². The van der Waals surface area contributed by atoms with E-state index < -0.39 is 0 Å². The maximum absolute atomic E-state index is 9.02. The quantitative estimate of drug-likeness (QED) is 0.835. The number of aliphatic hydroxyl groups is 1. The molecule has 18 heavy (non-hydrogen) atoms. The molecule has 0 spiro atoms. The van der Waals surface area contributed by atoms with Crippen LogP contribution in [0.2, 0.25) is 0 Å². The van der Waals surface area contributed by atoms with Crippen LogP contribution in [0.5, 0.6) is 0 Å². The van der Waals surface area contributed by atoms with Crippen molar-refractivity contribution in [3.8, 4) is 0 Å². The molecule has 1 aromatic rings. The SMILES string of the molecule is OCCC[C@H]1Nc2ccc(Br)cc2[C@H]2C=CC[C@H]21. The molecule has 0 radical (unpaired) electrons. The van der Waals surface area contributed by atoms with E-state index in [1.807, 2.05) is 0 Å². The van der Waals surface area contributed by atoms with Crippen molar-refractivity contribution < 1.29 is 5.11 Å². The molecule has 3 heteroatoms. The molecule has 96 valence electrons. The number of allylic oxidation sites excluding steroid dienone is 2. The normalized spacial score (nSPS) is 28.7. The van der Waals surface area contributed by atoms with E-state index in [0.29, 0.717) is 17.9 Å². The van der Waals surface area contributed by atoms with E-state index in [1.54, 1.807) is 0 Å². The Morgan fingerprint density at radius 1 is 1.39 bits per heavy atom. The molecule has 0 unspecified atom stereocenters. The van der Waals surface area contributed by atoms with Gasteiger partial charge in [-0.3, -0.25) is 0 Å². The minimum absolute atomic E-state index is 0.288. The van der Waals surface area contributed by atoms with Crippen LogP contribution in [0.3, 0.4) is 0 Å². The van der Waals surface area contributed by atoms with Gasteiger partial charge in [0, 0.05) is 28.7 Å². The number of fused-ring (bicyclic) bond motifs is 3. The Kier molecular flexibility index (Phi) is 3.44. The maximum atomic E-state index is 9.02. The predicted octanol–water partition coefficient (Wildman–Crippen LogP) is 3.68. The van der Waals surface area contributed by atoms with Gasteiger partial charge in [-0.05, 0) is 48.9 Å². The highest BCUT2D eigenvalue weighted by Gasteiger charge is 2.36. The average Bonchev–Trinajstić information content (AvgIpc) is 2.86. The van der Waals surface area contributed by atoms with Gasteiger partial charge >= 0.3 is 0 Å². The summed E-state index contributed by atoms with van der Waals surface area (Å²) in [5.41, 5.74) is 2.66. The first kappa shape index (κ1) is 12.2. The van der Waals surface area contributed by atoms with Crippen molar-refractivity contribution in [1.29, 1.82) is 0 Å².